The fraction of sp³-hybridized carbons (Fsp3) is 0.333. The van der Waals surface area contributed by atoms with E-state index in [4.69, 9.17) is 9.47 Å². The zero-order chi connectivity index (χ0) is 12.8. The maximum Gasteiger partial charge on any atom is 0.161 e. The number of rotatable bonds is 6. The topological polar surface area (TPSA) is 18.5 Å². The van der Waals surface area contributed by atoms with E-state index in [-0.39, 0.29) is 0 Å². The molecular weight excluding hydrogens is 244 g/mol. The Hall–Kier alpha value is -1.48. The molecular formula is C15H18O2S. The minimum atomic E-state index is 0.658. The maximum absolute atomic E-state index is 5.51. The molecule has 2 aromatic rings. The molecule has 0 spiro atoms. The summed E-state index contributed by atoms with van der Waals surface area (Å²) in [4.78, 5) is 1.42. The summed E-state index contributed by atoms with van der Waals surface area (Å²) in [6, 6.07) is 10.4. The molecule has 1 aromatic carbocycles. The second-order valence-electron chi connectivity index (χ2n) is 4.00. The first-order valence-electron chi connectivity index (χ1n) is 6.15. The Morgan fingerprint density at radius 3 is 2.67 bits per heavy atom. The highest BCUT2D eigenvalue weighted by Gasteiger charge is 2.05. The van der Waals surface area contributed by atoms with Gasteiger partial charge < -0.3 is 9.47 Å². The first kappa shape index (κ1) is 13.0. The van der Waals surface area contributed by atoms with E-state index in [1.54, 1.807) is 7.11 Å². The standard InChI is InChI=1S/C15H18O2S/c1-3-17-14-9-7-12(11-15(14)16-2)6-8-13-5-4-10-18-13/h4-5,7,9-11H,3,6,8H2,1-2H3. The van der Waals surface area contributed by atoms with Crippen molar-refractivity contribution >= 4 is 11.3 Å². The molecule has 0 radical (unpaired) electrons. The summed E-state index contributed by atoms with van der Waals surface area (Å²) in [6.07, 6.45) is 2.11. The predicted octanol–water partition coefficient (Wildman–Crippen LogP) is 3.94. The number of ether oxygens (including phenoxy) is 2. The number of hydrogen-bond acceptors (Lipinski definition) is 3. The minimum absolute atomic E-state index is 0.658. The SMILES string of the molecule is CCOc1ccc(CCc2cccs2)cc1OC. The van der Waals surface area contributed by atoms with Crippen LogP contribution in [0.3, 0.4) is 0 Å². The second-order valence-corrected chi connectivity index (χ2v) is 5.03. The second kappa shape index (κ2) is 6.45. The van der Waals surface area contributed by atoms with Gasteiger partial charge in [-0.15, -0.1) is 11.3 Å². The van der Waals surface area contributed by atoms with E-state index in [0.717, 1.165) is 24.3 Å². The van der Waals surface area contributed by atoms with Crippen molar-refractivity contribution in [3.05, 3.63) is 46.2 Å². The summed E-state index contributed by atoms with van der Waals surface area (Å²) < 4.78 is 10.9. The van der Waals surface area contributed by atoms with Crippen molar-refractivity contribution in [3.63, 3.8) is 0 Å². The van der Waals surface area contributed by atoms with Gasteiger partial charge in [0.1, 0.15) is 0 Å². The number of benzene rings is 1. The van der Waals surface area contributed by atoms with Crippen LogP contribution < -0.4 is 9.47 Å². The summed E-state index contributed by atoms with van der Waals surface area (Å²) in [7, 11) is 1.68. The van der Waals surface area contributed by atoms with Crippen molar-refractivity contribution in [1.29, 1.82) is 0 Å². The zero-order valence-electron chi connectivity index (χ0n) is 10.8. The van der Waals surface area contributed by atoms with Gasteiger partial charge in [-0.25, -0.2) is 0 Å². The van der Waals surface area contributed by atoms with Gasteiger partial charge >= 0.3 is 0 Å². The van der Waals surface area contributed by atoms with Crippen LogP contribution in [0.25, 0.3) is 0 Å². The van der Waals surface area contributed by atoms with Crippen LogP contribution in [0.1, 0.15) is 17.4 Å². The smallest absolute Gasteiger partial charge is 0.161 e. The van der Waals surface area contributed by atoms with E-state index < -0.39 is 0 Å². The van der Waals surface area contributed by atoms with E-state index in [0.29, 0.717) is 6.61 Å². The zero-order valence-corrected chi connectivity index (χ0v) is 11.6. The molecule has 0 atom stereocenters. The Morgan fingerprint density at radius 2 is 2.00 bits per heavy atom. The van der Waals surface area contributed by atoms with Crippen LogP contribution in [0.4, 0.5) is 0 Å². The third-order valence-electron chi connectivity index (χ3n) is 2.77. The Kier molecular flexibility index (Phi) is 4.65. The fourth-order valence-corrected chi connectivity index (χ4v) is 2.57. The molecule has 0 aliphatic rings. The van der Waals surface area contributed by atoms with Crippen molar-refractivity contribution in [2.24, 2.45) is 0 Å². The monoisotopic (exact) mass is 262 g/mol. The largest absolute Gasteiger partial charge is 0.493 e. The Balaban J connectivity index is 2.05. The van der Waals surface area contributed by atoms with Crippen LogP contribution in [-0.4, -0.2) is 13.7 Å². The summed E-state index contributed by atoms with van der Waals surface area (Å²) in [5.41, 5.74) is 1.28. The Bertz CT molecular complexity index is 477. The Morgan fingerprint density at radius 1 is 1.11 bits per heavy atom. The lowest BCUT2D eigenvalue weighted by Gasteiger charge is -2.10. The minimum Gasteiger partial charge on any atom is -0.493 e. The van der Waals surface area contributed by atoms with Crippen molar-refractivity contribution < 1.29 is 9.47 Å². The van der Waals surface area contributed by atoms with Crippen LogP contribution in [0.15, 0.2) is 35.7 Å². The van der Waals surface area contributed by atoms with E-state index in [9.17, 15) is 0 Å². The predicted molar refractivity (Wildman–Crippen MR) is 75.9 cm³/mol. The molecule has 18 heavy (non-hydrogen) atoms. The number of thiophene rings is 1. The lowest BCUT2D eigenvalue weighted by molar-refractivity contribution is 0.310. The molecule has 96 valence electrons. The van der Waals surface area contributed by atoms with Gasteiger partial charge in [-0.3, -0.25) is 0 Å². The molecule has 2 rings (SSSR count). The van der Waals surface area contributed by atoms with Crippen LogP contribution >= 0.6 is 11.3 Å². The number of methoxy groups -OCH3 is 1. The van der Waals surface area contributed by atoms with Crippen molar-refractivity contribution in [2.45, 2.75) is 19.8 Å². The van der Waals surface area contributed by atoms with Gasteiger partial charge in [0.25, 0.3) is 0 Å². The Labute approximate surface area is 112 Å². The first-order chi connectivity index (χ1) is 8.83. The molecule has 0 amide bonds. The van der Waals surface area contributed by atoms with Gasteiger partial charge in [-0.2, -0.15) is 0 Å². The molecule has 0 fully saturated rings. The van der Waals surface area contributed by atoms with Crippen molar-refractivity contribution in [1.82, 2.24) is 0 Å². The highest BCUT2D eigenvalue weighted by Crippen LogP contribution is 2.28. The molecule has 2 nitrogen and oxygen atoms in total. The highest BCUT2D eigenvalue weighted by molar-refractivity contribution is 7.09. The molecule has 1 heterocycles. The molecule has 0 bridgehead atoms. The molecule has 0 saturated carbocycles. The quantitative estimate of drug-likeness (QED) is 0.785. The molecule has 0 unspecified atom stereocenters. The van der Waals surface area contributed by atoms with Crippen LogP contribution in [0, 0.1) is 0 Å². The average Bonchev–Trinajstić information content (AvgIpc) is 2.91. The molecule has 1 aromatic heterocycles. The molecule has 0 N–H and O–H groups in total. The first-order valence-corrected chi connectivity index (χ1v) is 7.03. The van der Waals surface area contributed by atoms with Gasteiger partial charge in [0.05, 0.1) is 13.7 Å². The lowest BCUT2D eigenvalue weighted by Crippen LogP contribution is -1.97. The van der Waals surface area contributed by atoms with Gasteiger partial charge in [-0.05, 0) is 48.9 Å². The summed E-state index contributed by atoms with van der Waals surface area (Å²) >= 11 is 1.81. The summed E-state index contributed by atoms with van der Waals surface area (Å²) in [5, 5.41) is 2.12. The maximum atomic E-state index is 5.51. The molecule has 3 heteroatoms. The molecule has 0 aliphatic carbocycles. The molecule has 0 aliphatic heterocycles. The van der Waals surface area contributed by atoms with E-state index in [2.05, 4.69) is 29.6 Å². The average molecular weight is 262 g/mol. The highest BCUT2D eigenvalue weighted by atomic mass is 32.1. The lowest BCUT2D eigenvalue weighted by atomic mass is 10.1. The van der Waals surface area contributed by atoms with Gasteiger partial charge in [-0.1, -0.05) is 12.1 Å². The number of aryl methyl sites for hydroxylation is 2. The van der Waals surface area contributed by atoms with Crippen molar-refractivity contribution in [2.75, 3.05) is 13.7 Å². The molecule has 0 saturated heterocycles. The van der Waals surface area contributed by atoms with E-state index in [1.807, 2.05) is 24.3 Å². The third-order valence-corrected chi connectivity index (χ3v) is 3.70. The summed E-state index contributed by atoms with van der Waals surface area (Å²) in [5.74, 6) is 1.64. The fourth-order valence-electron chi connectivity index (χ4n) is 1.86. The number of hydrogen-bond donors (Lipinski definition) is 0. The van der Waals surface area contributed by atoms with Gasteiger partial charge in [0, 0.05) is 4.88 Å². The van der Waals surface area contributed by atoms with Crippen LogP contribution in [-0.2, 0) is 12.8 Å². The van der Waals surface area contributed by atoms with Crippen LogP contribution in [0.2, 0.25) is 0 Å². The normalized spacial score (nSPS) is 10.3. The third kappa shape index (κ3) is 3.26. The van der Waals surface area contributed by atoms with Crippen molar-refractivity contribution in [3.8, 4) is 11.5 Å². The van der Waals surface area contributed by atoms with E-state index in [1.165, 1.54) is 10.4 Å². The van der Waals surface area contributed by atoms with Gasteiger partial charge in [0.2, 0.25) is 0 Å². The van der Waals surface area contributed by atoms with E-state index >= 15 is 0 Å². The van der Waals surface area contributed by atoms with Crippen LogP contribution in [0.5, 0.6) is 11.5 Å². The summed E-state index contributed by atoms with van der Waals surface area (Å²) in [6.45, 7) is 2.63. The van der Waals surface area contributed by atoms with Gasteiger partial charge in [0.15, 0.2) is 11.5 Å².